The summed E-state index contributed by atoms with van der Waals surface area (Å²) >= 11 is 1.37. The highest BCUT2D eigenvalue weighted by atomic mass is 32.2. The van der Waals surface area contributed by atoms with Crippen LogP contribution in [0.25, 0.3) is 11.0 Å². The molecular weight excluding hydrogens is 313 g/mol. The molecule has 0 fully saturated rings. The van der Waals surface area contributed by atoms with Gasteiger partial charge in [0.1, 0.15) is 5.58 Å². The van der Waals surface area contributed by atoms with Crippen molar-refractivity contribution in [1.29, 1.82) is 0 Å². The van der Waals surface area contributed by atoms with E-state index in [4.69, 9.17) is 4.42 Å². The van der Waals surface area contributed by atoms with E-state index in [1.54, 1.807) is 24.9 Å². The summed E-state index contributed by atoms with van der Waals surface area (Å²) in [5, 5.41) is 20.2. The Hall–Kier alpha value is -1.87. The Morgan fingerprint density at radius 1 is 1.26 bits per heavy atom. The lowest BCUT2D eigenvalue weighted by Crippen LogP contribution is -2.42. The molecule has 3 rings (SSSR count). The van der Waals surface area contributed by atoms with E-state index >= 15 is 0 Å². The first-order chi connectivity index (χ1) is 11.2. The summed E-state index contributed by atoms with van der Waals surface area (Å²) < 4.78 is 8.57. The van der Waals surface area contributed by atoms with Gasteiger partial charge in [0.15, 0.2) is 0 Å². The quantitative estimate of drug-likeness (QED) is 0.448. The molecule has 2 heterocycles. The Morgan fingerprint density at radius 2 is 2.13 bits per heavy atom. The van der Waals surface area contributed by atoms with Crippen molar-refractivity contribution >= 4 is 30.0 Å². The molecule has 0 aliphatic rings. The molecule has 0 aliphatic heterocycles. The van der Waals surface area contributed by atoms with Gasteiger partial charge in [0.25, 0.3) is 0 Å². The molecule has 0 saturated carbocycles. The second-order valence-electron chi connectivity index (χ2n) is 5.08. The fourth-order valence-electron chi connectivity index (χ4n) is 2.26. The number of rotatable bonds is 7. The average molecular weight is 329 g/mol. The zero-order valence-corrected chi connectivity index (χ0v) is 13.1. The Morgan fingerprint density at radius 3 is 2.91 bits per heavy atom. The number of furan rings is 1. The molecule has 6 nitrogen and oxygen atoms in total. The fourth-order valence-corrected chi connectivity index (χ4v) is 3.06. The van der Waals surface area contributed by atoms with Crippen LogP contribution in [-0.2, 0) is 12.2 Å². The van der Waals surface area contributed by atoms with Crippen LogP contribution in [0, 0.1) is 0 Å². The predicted molar refractivity (Wildman–Crippen MR) is 90.4 cm³/mol. The third-order valence-electron chi connectivity index (χ3n) is 3.43. The van der Waals surface area contributed by atoms with E-state index in [9.17, 15) is 10.0 Å². The van der Waals surface area contributed by atoms with E-state index in [-0.39, 0.29) is 0 Å². The number of fused-ring (bicyclic) bond motifs is 1. The summed E-state index contributed by atoms with van der Waals surface area (Å²) in [4.78, 5) is 8.17. The van der Waals surface area contributed by atoms with Gasteiger partial charge in [0.05, 0.1) is 23.7 Å². The first kappa shape index (κ1) is 16.0. The van der Waals surface area contributed by atoms with Crippen molar-refractivity contribution in [3.8, 4) is 0 Å². The molecule has 1 unspecified atom stereocenters. The number of aromatic nitrogens is 2. The molecule has 1 atom stereocenters. The lowest BCUT2D eigenvalue weighted by atomic mass is 9.77. The molecule has 0 bridgehead atoms. The van der Waals surface area contributed by atoms with Gasteiger partial charge in [-0.25, -0.2) is 0 Å². The van der Waals surface area contributed by atoms with Crippen LogP contribution in [0.2, 0.25) is 0 Å². The average Bonchev–Trinajstić information content (AvgIpc) is 2.98. The van der Waals surface area contributed by atoms with Gasteiger partial charge in [-0.3, -0.25) is 14.7 Å². The van der Waals surface area contributed by atoms with E-state index in [2.05, 4.69) is 14.7 Å². The van der Waals surface area contributed by atoms with E-state index in [0.29, 0.717) is 12.2 Å². The van der Waals surface area contributed by atoms with E-state index in [1.165, 1.54) is 11.9 Å². The lowest BCUT2D eigenvalue weighted by Gasteiger charge is -2.16. The number of hydrogen-bond donors (Lipinski definition) is 3. The number of benzene rings is 1. The molecule has 0 aliphatic carbocycles. The minimum Gasteiger partial charge on any atom is -0.464 e. The second kappa shape index (κ2) is 7.61. The van der Waals surface area contributed by atoms with Gasteiger partial charge in [-0.2, -0.15) is 0 Å². The molecular formula is C15H16BN3O3S. The largest absolute Gasteiger partial charge is 0.470 e. The molecule has 23 heavy (non-hydrogen) atoms. The van der Waals surface area contributed by atoms with Crippen molar-refractivity contribution in [3.05, 3.63) is 60.4 Å². The molecule has 1 aromatic carbocycles. The van der Waals surface area contributed by atoms with Crippen LogP contribution < -0.4 is 4.72 Å². The van der Waals surface area contributed by atoms with Crippen LogP contribution in [0.4, 0.5) is 0 Å². The first-order valence-corrected chi connectivity index (χ1v) is 8.16. The van der Waals surface area contributed by atoms with Gasteiger partial charge < -0.3 is 14.5 Å². The third-order valence-corrected chi connectivity index (χ3v) is 4.34. The lowest BCUT2D eigenvalue weighted by molar-refractivity contribution is 0.382. The smallest absolute Gasteiger partial charge is 0.464 e. The SMILES string of the molecule is OB(O)C(Cc1coc2ccccc12)NSCc1cnccn1. The van der Waals surface area contributed by atoms with Crippen molar-refractivity contribution in [2.45, 2.75) is 18.1 Å². The first-order valence-electron chi connectivity index (χ1n) is 7.17. The van der Waals surface area contributed by atoms with Crippen molar-refractivity contribution in [1.82, 2.24) is 14.7 Å². The van der Waals surface area contributed by atoms with Crippen LogP contribution in [0.1, 0.15) is 11.3 Å². The van der Waals surface area contributed by atoms with Crippen LogP contribution in [0.5, 0.6) is 0 Å². The Bertz CT molecular complexity index is 754. The fraction of sp³-hybridized carbons (Fsp3) is 0.200. The summed E-state index contributed by atoms with van der Waals surface area (Å²) in [7, 11) is -1.47. The van der Waals surface area contributed by atoms with Crippen molar-refractivity contribution in [2.24, 2.45) is 0 Å². The minimum atomic E-state index is -1.47. The van der Waals surface area contributed by atoms with Crippen LogP contribution in [0.15, 0.2) is 53.5 Å². The number of nitrogens with zero attached hydrogens (tertiary/aromatic N) is 2. The molecule has 8 heteroatoms. The molecule has 3 N–H and O–H groups in total. The van der Waals surface area contributed by atoms with Crippen molar-refractivity contribution < 1.29 is 14.5 Å². The van der Waals surface area contributed by atoms with E-state index < -0.39 is 13.1 Å². The van der Waals surface area contributed by atoms with Crippen molar-refractivity contribution in [3.63, 3.8) is 0 Å². The van der Waals surface area contributed by atoms with Gasteiger partial charge in [0.2, 0.25) is 0 Å². The summed E-state index contributed by atoms with van der Waals surface area (Å²) in [6.45, 7) is 0. The molecule has 3 aromatic rings. The molecule has 0 saturated heterocycles. The predicted octanol–water partition coefficient (Wildman–Crippen LogP) is 1.58. The van der Waals surface area contributed by atoms with E-state index in [0.717, 1.165) is 22.2 Å². The van der Waals surface area contributed by atoms with Crippen LogP contribution in [-0.4, -0.2) is 33.1 Å². The maximum Gasteiger partial charge on any atom is 0.470 e. The summed E-state index contributed by atoms with van der Waals surface area (Å²) in [6, 6.07) is 7.69. The Kier molecular flexibility index (Phi) is 5.29. The number of hydrogen-bond acceptors (Lipinski definition) is 7. The van der Waals surface area contributed by atoms with Crippen molar-refractivity contribution in [2.75, 3.05) is 0 Å². The molecule has 0 radical (unpaired) electrons. The summed E-state index contributed by atoms with van der Waals surface area (Å²) in [5.74, 6) is 0.0705. The molecule has 2 aromatic heterocycles. The molecule has 118 valence electrons. The minimum absolute atomic E-state index is 0.447. The zero-order chi connectivity index (χ0) is 16.1. The standard InChI is InChI=1S/C15H16BN3O3S/c20-16(21)15(19-23-10-12-8-17-5-6-18-12)7-11-9-22-14-4-2-1-3-13(11)14/h1-6,8-9,15,19-21H,7,10H2. The second-order valence-corrected chi connectivity index (χ2v) is 5.90. The van der Waals surface area contributed by atoms with Gasteiger partial charge >= 0.3 is 7.12 Å². The van der Waals surface area contributed by atoms with Gasteiger partial charge in [-0.1, -0.05) is 30.1 Å². The summed E-state index contributed by atoms with van der Waals surface area (Å²) in [5.41, 5.74) is 2.55. The number of nitrogens with one attached hydrogen (secondary N) is 1. The van der Waals surface area contributed by atoms with Gasteiger partial charge in [-0.15, -0.1) is 0 Å². The third kappa shape index (κ3) is 4.11. The van der Waals surface area contributed by atoms with Gasteiger partial charge in [0, 0.05) is 24.0 Å². The monoisotopic (exact) mass is 329 g/mol. The highest BCUT2D eigenvalue weighted by Gasteiger charge is 2.25. The van der Waals surface area contributed by atoms with Crippen LogP contribution >= 0.6 is 11.9 Å². The number of para-hydroxylation sites is 1. The zero-order valence-electron chi connectivity index (χ0n) is 12.3. The van der Waals surface area contributed by atoms with E-state index in [1.807, 2.05) is 24.3 Å². The molecule has 0 spiro atoms. The topological polar surface area (TPSA) is 91.4 Å². The maximum atomic E-state index is 9.60. The highest BCUT2D eigenvalue weighted by molar-refractivity contribution is 7.96. The molecule has 0 amide bonds. The summed E-state index contributed by atoms with van der Waals surface area (Å²) in [6.07, 6.45) is 7.04. The van der Waals surface area contributed by atoms with Crippen LogP contribution in [0.3, 0.4) is 0 Å². The van der Waals surface area contributed by atoms with Gasteiger partial charge in [-0.05, 0) is 18.1 Å². The highest BCUT2D eigenvalue weighted by Crippen LogP contribution is 2.22. The Labute approximate surface area is 138 Å². The normalized spacial score (nSPS) is 12.4. The maximum absolute atomic E-state index is 9.60. The Balaban J connectivity index is 1.63.